The first-order valence-corrected chi connectivity index (χ1v) is 5.93. The first-order valence-electron chi connectivity index (χ1n) is 5.93. The molecule has 108 valence electrons. The summed E-state index contributed by atoms with van der Waals surface area (Å²) in [4.78, 5) is 11.4. The van der Waals surface area contributed by atoms with Crippen LogP contribution in [0, 0.1) is 0 Å². The molecule has 0 radical (unpaired) electrons. The van der Waals surface area contributed by atoms with E-state index >= 15 is 0 Å². The zero-order valence-corrected chi connectivity index (χ0v) is 11.5. The van der Waals surface area contributed by atoms with Crippen LogP contribution in [0.2, 0.25) is 0 Å². The maximum absolute atomic E-state index is 12.9. The molecule has 0 spiro atoms. The van der Waals surface area contributed by atoms with E-state index in [0.29, 0.717) is 5.57 Å². The third kappa shape index (κ3) is 4.84. The van der Waals surface area contributed by atoms with Gasteiger partial charge in [-0.25, -0.2) is 4.39 Å². The van der Waals surface area contributed by atoms with Gasteiger partial charge in [0.05, 0.1) is 0 Å². The van der Waals surface area contributed by atoms with Crippen LogP contribution in [0.4, 0.5) is 4.39 Å². The van der Waals surface area contributed by atoms with E-state index in [1.165, 1.54) is 19.9 Å². The SMILES string of the molecule is C=C/C=C(\CNC(C)F)C(CN)(NC(C)=O)C(=C)N. The Hall–Kier alpha value is -1.66. The van der Waals surface area contributed by atoms with Crippen molar-refractivity contribution < 1.29 is 9.18 Å². The Morgan fingerprint density at radius 3 is 2.47 bits per heavy atom. The Kier molecular flexibility index (Phi) is 7.03. The second-order valence-electron chi connectivity index (χ2n) is 4.24. The number of halogens is 1. The van der Waals surface area contributed by atoms with Crippen LogP contribution in [-0.4, -0.2) is 30.8 Å². The summed E-state index contributed by atoms with van der Waals surface area (Å²) >= 11 is 0. The molecule has 6 N–H and O–H groups in total. The van der Waals surface area contributed by atoms with Gasteiger partial charge in [0.25, 0.3) is 0 Å². The molecule has 2 atom stereocenters. The molecule has 0 saturated heterocycles. The van der Waals surface area contributed by atoms with Crippen LogP contribution in [0.1, 0.15) is 13.8 Å². The lowest BCUT2D eigenvalue weighted by Gasteiger charge is -2.36. The number of rotatable bonds is 8. The summed E-state index contributed by atoms with van der Waals surface area (Å²) in [6.45, 7) is 10.2. The van der Waals surface area contributed by atoms with Crippen molar-refractivity contribution in [1.29, 1.82) is 0 Å². The predicted molar refractivity (Wildman–Crippen MR) is 75.8 cm³/mol. The van der Waals surface area contributed by atoms with Gasteiger partial charge < -0.3 is 16.8 Å². The van der Waals surface area contributed by atoms with Gasteiger partial charge in [0.2, 0.25) is 5.91 Å². The van der Waals surface area contributed by atoms with Crippen LogP contribution in [0.25, 0.3) is 0 Å². The van der Waals surface area contributed by atoms with Crippen LogP contribution >= 0.6 is 0 Å². The highest BCUT2D eigenvalue weighted by Gasteiger charge is 2.35. The van der Waals surface area contributed by atoms with Gasteiger partial charge in [-0.05, 0) is 12.5 Å². The molecule has 0 saturated carbocycles. The van der Waals surface area contributed by atoms with Crippen molar-refractivity contribution >= 4 is 5.91 Å². The third-order valence-corrected chi connectivity index (χ3v) is 2.68. The maximum Gasteiger partial charge on any atom is 0.217 e. The van der Waals surface area contributed by atoms with Crippen molar-refractivity contribution in [2.45, 2.75) is 25.7 Å². The van der Waals surface area contributed by atoms with Gasteiger partial charge >= 0.3 is 0 Å². The highest BCUT2D eigenvalue weighted by Crippen LogP contribution is 2.21. The molecule has 0 rings (SSSR count). The largest absolute Gasteiger partial charge is 0.400 e. The van der Waals surface area contributed by atoms with Crippen LogP contribution in [0.15, 0.2) is 36.6 Å². The molecule has 0 fully saturated rings. The Bertz CT molecular complexity index is 379. The summed E-state index contributed by atoms with van der Waals surface area (Å²) in [6.07, 6.45) is 1.96. The zero-order chi connectivity index (χ0) is 15.1. The molecule has 6 heteroatoms. The Morgan fingerprint density at radius 2 is 2.16 bits per heavy atom. The van der Waals surface area contributed by atoms with Crippen LogP contribution in [0.5, 0.6) is 0 Å². The number of alkyl halides is 1. The van der Waals surface area contributed by atoms with Gasteiger partial charge in [0.1, 0.15) is 11.8 Å². The minimum atomic E-state index is -1.20. The Morgan fingerprint density at radius 1 is 1.58 bits per heavy atom. The fourth-order valence-corrected chi connectivity index (χ4v) is 1.73. The average molecular weight is 270 g/mol. The number of nitrogens with two attached hydrogens (primary N) is 2. The molecule has 19 heavy (non-hydrogen) atoms. The molecular weight excluding hydrogens is 247 g/mol. The van der Waals surface area contributed by atoms with Gasteiger partial charge in [0.15, 0.2) is 0 Å². The number of amides is 1. The lowest BCUT2D eigenvalue weighted by Crippen LogP contribution is -2.59. The van der Waals surface area contributed by atoms with E-state index in [4.69, 9.17) is 11.5 Å². The minimum Gasteiger partial charge on any atom is -0.400 e. The van der Waals surface area contributed by atoms with Crippen LogP contribution < -0.4 is 22.1 Å². The third-order valence-electron chi connectivity index (χ3n) is 2.68. The fraction of sp³-hybridized carbons (Fsp3) is 0.462. The Balaban J connectivity index is 5.48. The summed E-state index contributed by atoms with van der Waals surface area (Å²) in [7, 11) is 0. The lowest BCUT2D eigenvalue weighted by molar-refractivity contribution is -0.120. The summed E-state index contributed by atoms with van der Waals surface area (Å²) in [6, 6.07) is 0. The van der Waals surface area contributed by atoms with Crippen molar-refractivity contribution in [1.82, 2.24) is 10.6 Å². The number of allylic oxidation sites excluding steroid dienone is 2. The van der Waals surface area contributed by atoms with Crippen LogP contribution in [-0.2, 0) is 4.79 Å². The molecule has 2 unspecified atom stereocenters. The average Bonchev–Trinajstić information content (AvgIpc) is 2.30. The standard InChI is InChI=1S/C13H23FN4O/c1-5-6-12(7-17-10(3)14)13(8-15,9(2)16)18-11(4)19/h5-6,10,17H,1-2,7-8,15-16H2,3-4H3,(H,18,19)/b12-6+. The second kappa shape index (κ2) is 7.70. The number of nitrogens with one attached hydrogen (secondary N) is 2. The molecule has 0 aliphatic rings. The van der Waals surface area contributed by atoms with Gasteiger partial charge in [-0.2, -0.15) is 0 Å². The fourth-order valence-electron chi connectivity index (χ4n) is 1.73. The van der Waals surface area contributed by atoms with Gasteiger partial charge in [0, 0.05) is 25.7 Å². The monoisotopic (exact) mass is 270 g/mol. The predicted octanol–water partition coefficient (Wildman–Crippen LogP) is 0.310. The molecule has 0 aromatic rings. The summed E-state index contributed by atoms with van der Waals surface area (Å²) < 4.78 is 12.9. The van der Waals surface area contributed by atoms with E-state index < -0.39 is 11.8 Å². The van der Waals surface area contributed by atoms with Crippen molar-refractivity contribution in [3.05, 3.63) is 36.6 Å². The molecule has 1 amide bonds. The summed E-state index contributed by atoms with van der Waals surface area (Å²) in [5.74, 6) is -0.305. The first-order chi connectivity index (χ1) is 8.80. The molecule has 0 heterocycles. The second-order valence-corrected chi connectivity index (χ2v) is 4.24. The van der Waals surface area contributed by atoms with Crippen LogP contribution in [0.3, 0.4) is 0 Å². The lowest BCUT2D eigenvalue weighted by atomic mass is 9.86. The number of carbonyl (C=O) groups excluding carboxylic acids is 1. The highest BCUT2D eigenvalue weighted by atomic mass is 19.1. The van der Waals surface area contributed by atoms with Crippen molar-refractivity contribution in [2.75, 3.05) is 13.1 Å². The van der Waals surface area contributed by atoms with E-state index in [9.17, 15) is 9.18 Å². The minimum absolute atomic E-state index is 0.0178. The Labute approximate surface area is 113 Å². The van der Waals surface area contributed by atoms with Crippen molar-refractivity contribution in [3.63, 3.8) is 0 Å². The smallest absolute Gasteiger partial charge is 0.217 e. The zero-order valence-electron chi connectivity index (χ0n) is 11.5. The number of carbonyl (C=O) groups is 1. The molecular formula is C13H23FN4O. The molecule has 0 aromatic carbocycles. The van der Waals surface area contributed by atoms with E-state index in [1.54, 1.807) is 6.08 Å². The molecule has 5 nitrogen and oxygen atoms in total. The van der Waals surface area contributed by atoms with Crippen molar-refractivity contribution in [3.8, 4) is 0 Å². The first kappa shape index (κ1) is 17.3. The molecule has 0 bridgehead atoms. The highest BCUT2D eigenvalue weighted by molar-refractivity contribution is 5.75. The van der Waals surface area contributed by atoms with E-state index in [1.807, 2.05) is 0 Å². The van der Waals surface area contributed by atoms with E-state index in [2.05, 4.69) is 23.8 Å². The number of hydrogen-bond donors (Lipinski definition) is 4. The van der Waals surface area contributed by atoms with Gasteiger partial charge in [-0.15, -0.1) is 0 Å². The summed E-state index contributed by atoms with van der Waals surface area (Å²) in [5, 5.41) is 5.30. The van der Waals surface area contributed by atoms with Gasteiger partial charge in [-0.3, -0.25) is 10.1 Å². The van der Waals surface area contributed by atoms with Crippen molar-refractivity contribution in [2.24, 2.45) is 11.5 Å². The van der Waals surface area contributed by atoms with E-state index in [0.717, 1.165) is 0 Å². The normalized spacial score (nSPS) is 16.3. The maximum atomic E-state index is 12.9. The topological polar surface area (TPSA) is 93.2 Å². The van der Waals surface area contributed by atoms with Gasteiger partial charge in [-0.1, -0.05) is 25.3 Å². The quantitative estimate of drug-likeness (QED) is 0.377. The molecule has 0 aliphatic carbocycles. The summed E-state index contributed by atoms with van der Waals surface area (Å²) in [5.41, 5.74) is 11.2. The molecule has 0 aliphatic heterocycles. The van der Waals surface area contributed by atoms with E-state index in [-0.39, 0.29) is 24.7 Å². The number of hydrogen-bond acceptors (Lipinski definition) is 4. The molecule has 0 aromatic heterocycles.